The Morgan fingerprint density at radius 3 is 2.15 bits per heavy atom. The van der Waals surface area contributed by atoms with Crippen molar-refractivity contribution in [2.24, 2.45) is 11.6 Å². The fourth-order valence-corrected chi connectivity index (χ4v) is 8.20. The second-order valence-electron chi connectivity index (χ2n) is 15.8. The average Bonchev–Trinajstić information content (AvgIpc) is 3.58. The predicted molar refractivity (Wildman–Crippen MR) is 267 cm³/mol. The number of benzene rings is 2. The monoisotopic (exact) mass is 922 g/mol. The Morgan fingerprint density at radius 1 is 0.892 bits per heavy atom. The van der Waals surface area contributed by atoms with Crippen LogP contribution in [0.25, 0.3) is 11.4 Å². The van der Waals surface area contributed by atoms with E-state index in [0.29, 0.717) is 64.7 Å². The lowest BCUT2D eigenvalue weighted by molar-refractivity contribution is -0.138. The molecule has 362 valence electrons. The summed E-state index contributed by atoms with van der Waals surface area (Å²) in [6, 6.07) is 16.4. The van der Waals surface area contributed by atoms with Gasteiger partial charge in [0.15, 0.2) is 0 Å². The number of anilines is 1. The number of amides is 2. The molecule has 1 fully saturated rings. The Bertz CT molecular complexity index is 1760. The number of hydrogen-bond donors (Lipinski definition) is 3. The third kappa shape index (κ3) is 21.7. The molecule has 4 rings (SSSR count). The van der Waals surface area contributed by atoms with Gasteiger partial charge < -0.3 is 49.7 Å². The van der Waals surface area contributed by atoms with Gasteiger partial charge in [-0.3, -0.25) is 14.5 Å². The number of imide groups is 1. The Hall–Kier alpha value is -4.35. The second-order valence-corrected chi connectivity index (χ2v) is 17.1. The quantitative estimate of drug-likeness (QED) is 0.0199. The zero-order valence-corrected chi connectivity index (χ0v) is 40.8. The molecular weight excluding hydrogens is 843 g/mol. The zero-order valence-electron chi connectivity index (χ0n) is 40.0. The molecule has 2 heterocycles. The maximum absolute atomic E-state index is 12.0. The minimum absolute atomic E-state index is 0.106. The highest BCUT2D eigenvalue weighted by Gasteiger charge is 2.38. The Balaban J connectivity index is 0.000000479. The molecular formula is C50H79N7O7S. The molecule has 0 radical (unpaired) electrons. The molecule has 0 spiro atoms. The van der Waals surface area contributed by atoms with E-state index in [-0.39, 0.29) is 30.0 Å². The molecule has 0 aromatic heterocycles. The van der Waals surface area contributed by atoms with Crippen molar-refractivity contribution in [1.82, 2.24) is 20.1 Å². The van der Waals surface area contributed by atoms with E-state index < -0.39 is 0 Å². The van der Waals surface area contributed by atoms with E-state index >= 15 is 0 Å². The van der Waals surface area contributed by atoms with Gasteiger partial charge in [0, 0.05) is 75.8 Å². The van der Waals surface area contributed by atoms with Crippen molar-refractivity contribution in [3.8, 4) is 0 Å². The van der Waals surface area contributed by atoms with Crippen LogP contribution in [-0.2, 0) is 39.9 Å². The van der Waals surface area contributed by atoms with Crippen LogP contribution in [0.4, 0.5) is 5.69 Å². The zero-order chi connectivity index (χ0) is 47.7. The minimum atomic E-state index is -0.217. The van der Waals surface area contributed by atoms with Crippen molar-refractivity contribution in [1.29, 1.82) is 0 Å². The molecule has 14 nitrogen and oxygen atoms in total. The maximum Gasteiger partial charge on any atom is 0.242 e. The van der Waals surface area contributed by atoms with E-state index in [1.54, 1.807) is 16.8 Å². The molecule has 1 saturated heterocycles. The number of hydrogen-bond acceptors (Lipinski definition) is 14. The van der Waals surface area contributed by atoms with Crippen LogP contribution in [0.5, 0.6) is 0 Å². The highest BCUT2D eigenvalue weighted by molar-refractivity contribution is 8.00. The number of fused-ring (bicyclic) bond motifs is 2. The van der Waals surface area contributed by atoms with Gasteiger partial charge in [-0.15, -0.1) is 11.8 Å². The first-order valence-corrected chi connectivity index (χ1v) is 24.2. The number of likely N-dealkylation sites (tertiary alicyclic amines) is 1. The average molecular weight is 922 g/mol. The topological polar surface area (TPSA) is 173 Å². The summed E-state index contributed by atoms with van der Waals surface area (Å²) in [5.41, 5.74) is 13.8. The first kappa shape index (κ1) is 56.8. The number of carbonyl (C=O) groups excluding carboxylic acids is 4. The summed E-state index contributed by atoms with van der Waals surface area (Å²) < 4.78 is 17.2. The summed E-state index contributed by atoms with van der Waals surface area (Å²) in [7, 11) is 6.01. The largest absolute Gasteiger partial charge is 0.396 e. The van der Waals surface area contributed by atoms with Crippen molar-refractivity contribution in [3.05, 3.63) is 89.5 Å². The number of rotatable bonds is 30. The lowest BCUT2D eigenvalue weighted by Gasteiger charge is -2.32. The normalized spacial score (nSPS) is 15.9. The van der Waals surface area contributed by atoms with Gasteiger partial charge in [-0.05, 0) is 51.2 Å². The van der Waals surface area contributed by atoms with Crippen LogP contribution in [-0.4, -0.2) is 144 Å². The molecule has 0 bridgehead atoms. The Morgan fingerprint density at radius 2 is 1.52 bits per heavy atom. The first-order chi connectivity index (χ1) is 31.6. The number of likely N-dealkylation sites (N-methyl/N-ethyl adjacent to an activating group) is 1. The number of ether oxygens (including phenoxy) is 3. The number of hydrazine groups is 1. The summed E-state index contributed by atoms with van der Waals surface area (Å²) in [4.78, 5) is 49.2. The number of carbonyl (C=O) groups is 4. The fraction of sp³-hybridized carbons (Fsp3) is 0.560. The summed E-state index contributed by atoms with van der Waals surface area (Å²) in [5.74, 6) is 7.29. The molecule has 65 heavy (non-hydrogen) atoms. The number of aldehydes is 2. The van der Waals surface area contributed by atoms with Crippen molar-refractivity contribution < 1.29 is 33.4 Å². The van der Waals surface area contributed by atoms with Crippen LogP contribution < -0.4 is 21.8 Å². The molecule has 0 saturated carbocycles. The van der Waals surface area contributed by atoms with Gasteiger partial charge in [-0.25, -0.2) is 5.84 Å². The van der Waals surface area contributed by atoms with Crippen molar-refractivity contribution in [3.63, 3.8) is 0 Å². The fourth-order valence-electron chi connectivity index (χ4n) is 7.01. The number of nitrogens with zero attached hydrogens (tertiary/aromatic N) is 4. The molecule has 2 aromatic carbocycles. The van der Waals surface area contributed by atoms with Crippen LogP contribution in [0.1, 0.15) is 88.3 Å². The van der Waals surface area contributed by atoms with E-state index in [4.69, 9.17) is 25.8 Å². The van der Waals surface area contributed by atoms with Gasteiger partial charge in [0.1, 0.15) is 12.6 Å². The van der Waals surface area contributed by atoms with Gasteiger partial charge in [0.2, 0.25) is 11.8 Å². The van der Waals surface area contributed by atoms with Crippen LogP contribution >= 0.6 is 11.8 Å². The van der Waals surface area contributed by atoms with Gasteiger partial charge in [0.05, 0.1) is 62.8 Å². The van der Waals surface area contributed by atoms with Gasteiger partial charge in [0.25, 0.3) is 0 Å². The number of unbranched alkanes of at least 4 members (excludes halogenated alkanes) is 4. The number of para-hydroxylation sites is 1. The number of nitrogens with one attached hydrogen (secondary N) is 1. The molecule has 1 atom stereocenters. The maximum atomic E-state index is 12.0. The smallest absolute Gasteiger partial charge is 0.242 e. The highest BCUT2D eigenvalue weighted by Crippen LogP contribution is 2.35. The first-order valence-electron chi connectivity index (χ1n) is 23.2. The highest BCUT2D eigenvalue weighted by atomic mass is 32.2. The number of allylic oxidation sites excluding steroid dienone is 2. The van der Waals surface area contributed by atoms with Crippen molar-refractivity contribution in [2.75, 3.05) is 104 Å². The van der Waals surface area contributed by atoms with Crippen LogP contribution in [0.2, 0.25) is 0 Å². The van der Waals surface area contributed by atoms with Crippen LogP contribution in [0.3, 0.4) is 0 Å². The van der Waals surface area contributed by atoms with E-state index in [9.17, 15) is 19.2 Å². The SMILES string of the molecule is C=C/C(=C\C)CCN(C)CCOCCOCCOCCN(N)/C1=C(\N)c2ccccc2N(C)Cc2ccccc21.CCCCCCCSC1CC(=O)N(CCC=O)C1=O.CNCCC=O. The number of thioether (sulfide) groups is 1. The Labute approximate surface area is 394 Å². The molecule has 2 aliphatic heterocycles. The molecule has 2 aliphatic rings. The van der Waals surface area contributed by atoms with Gasteiger partial charge in [-0.1, -0.05) is 99.4 Å². The molecule has 0 aliphatic carbocycles. The van der Waals surface area contributed by atoms with Crippen molar-refractivity contribution >= 4 is 53.2 Å². The minimum Gasteiger partial charge on any atom is -0.396 e. The third-order valence-corrected chi connectivity index (χ3v) is 12.1. The number of nitrogens with two attached hydrogens (primary N) is 2. The van der Waals surface area contributed by atoms with E-state index in [0.717, 1.165) is 79.9 Å². The molecule has 2 amide bonds. The summed E-state index contributed by atoms with van der Waals surface area (Å²) >= 11 is 1.59. The summed E-state index contributed by atoms with van der Waals surface area (Å²) in [6.07, 6.45) is 13.9. The molecule has 15 heteroatoms. The summed E-state index contributed by atoms with van der Waals surface area (Å²) in [5, 5.41) is 4.33. The third-order valence-electron chi connectivity index (χ3n) is 10.8. The molecule has 5 N–H and O–H groups in total. The predicted octanol–water partition coefficient (Wildman–Crippen LogP) is 6.30. The van der Waals surface area contributed by atoms with E-state index in [1.165, 1.54) is 41.7 Å². The van der Waals surface area contributed by atoms with Crippen LogP contribution in [0.15, 0.2) is 72.8 Å². The summed E-state index contributed by atoms with van der Waals surface area (Å²) in [6.45, 7) is 15.5. The molecule has 1 unspecified atom stereocenters. The standard InChI is InChI=1S/C32H47N5O3.C14H23NO3S.C4H9NO/c1-5-26(6-2)15-16-35(3)17-19-38-21-23-40-24-22-39-20-18-37(34)32-28-12-8-7-11-27(28)25-36(4)30-14-10-9-13-29(30)31(32)33;1-2-3-4-5-6-10-19-12-11-13(17)15(14(12)18)8-7-9-16;1-5-3-2-4-6/h5-14H,1,15-25,33-34H2,2-4H3;9,12H,2-8,10-11H2,1H3;4-5H,2-3H2,1H3/b26-6+,32-31-;;. The van der Waals surface area contributed by atoms with E-state index in [2.05, 4.69) is 67.0 Å². The van der Waals surface area contributed by atoms with Gasteiger partial charge in [-0.2, -0.15) is 0 Å². The molecule has 2 aromatic rings. The van der Waals surface area contributed by atoms with Gasteiger partial charge >= 0.3 is 0 Å². The lowest BCUT2D eigenvalue weighted by atomic mass is 9.96. The lowest BCUT2D eigenvalue weighted by Crippen LogP contribution is -2.36. The van der Waals surface area contributed by atoms with Crippen molar-refractivity contribution in [2.45, 2.75) is 83.4 Å². The van der Waals surface area contributed by atoms with E-state index in [1.807, 2.05) is 50.4 Å². The Kier molecular flexibility index (Phi) is 30.5. The second kappa shape index (κ2) is 34.9. The van der Waals surface area contributed by atoms with Crippen LogP contribution in [0, 0.1) is 0 Å².